The van der Waals surface area contributed by atoms with Gasteiger partial charge in [0.25, 0.3) is 0 Å². The summed E-state index contributed by atoms with van der Waals surface area (Å²) in [6, 6.07) is 5.56. The van der Waals surface area contributed by atoms with Crippen LogP contribution >= 0.6 is 0 Å². The molecule has 0 radical (unpaired) electrons. The molecule has 0 saturated carbocycles. The molecule has 0 aromatic carbocycles. The highest BCUT2D eigenvalue weighted by Gasteiger charge is 2.15. The lowest BCUT2D eigenvalue weighted by atomic mass is 10.1. The smallest absolute Gasteiger partial charge is 0.349 e. The van der Waals surface area contributed by atoms with E-state index < -0.39 is 5.97 Å². The second-order valence-electron chi connectivity index (χ2n) is 5.01. The molecule has 0 spiro atoms. The summed E-state index contributed by atoms with van der Waals surface area (Å²) in [5.74, 6) is 0.690. The average molecular weight is 311 g/mol. The summed E-state index contributed by atoms with van der Waals surface area (Å²) < 4.78 is 11.9. The largest absolute Gasteiger partial charge is 0.457 e. The van der Waals surface area contributed by atoms with E-state index in [1.54, 1.807) is 0 Å². The number of esters is 1. The highest BCUT2D eigenvalue weighted by Crippen LogP contribution is 2.22. The minimum atomic E-state index is -0.672. The predicted octanol–water partition coefficient (Wildman–Crippen LogP) is 3.03. The first-order valence-electron chi connectivity index (χ1n) is 7.00. The molecule has 0 bridgehead atoms. The molecule has 6 heteroatoms. The summed E-state index contributed by atoms with van der Waals surface area (Å²) >= 11 is 0. The highest BCUT2D eigenvalue weighted by molar-refractivity contribution is 5.98. The van der Waals surface area contributed by atoms with Crippen LogP contribution in [0.3, 0.4) is 0 Å². The van der Waals surface area contributed by atoms with Gasteiger partial charge in [0, 0.05) is 17.5 Å². The van der Waals surface area contributed by atoms with E-state index in [9.17, 15) is 4.79 Å². The summed E-state index contributed by atoms with van der Waals surface area (Å²) in [4.78, 5) is 11.8. The van der Waals surface area contributed by atoms with E-state index in [2.05, 4.69) is 11.7 Å². The number of carbonyl (C=O) groups excluding carboxylic acids is 1. The quantitative estimate of drug-likeness (QED) is 0.367. The van der Waals surface area contributed by atoms with Gasteiger partial charge in [-0.3, -0.25) is 4.57 Å². The Morgan fingerprint density at radius 2 is 2.22 bits per heavy atom. The first-order chi connectivity index (χ1) is 11.0. The molecule has 118 valence electrons. The van der Waals surface area contributed by atoms with Gasteiger partial charge in [0.15, 0.2) is 5.82 Å². The first-order valence-corrected chi connectivity index (χ1v) is 7.00. The van der Waals surface area contributed by atoms with E-state index in [-0.39, 0.29) is 12.2 Å². The van der Waals surface area contributed by atoms with Gasteiger partial charge < -0.3 is 9.26 Å². The van der Waals surface area contributed by atoms with Gasteiger partial charge in [0.2, 0.25) is 0 Å². The summed E-state index contributed by atoms with van der Waals surface area (Å²) in [5, 5.41) is 13.2. The zero-order chi connectivity index (χ0) is 17.0. The molecule has 0 fully saturated rings. The van der Waals surface area contributed by atoms with Gasteiger partial charge in [-0.25, -0.2) is 4.79 Å². The maximum atomic E-state index is 11.8. The molecule has 0 aliphatic heterocycles. The second-order valence-corrected chi connectivity index (χ2v) is 5.01. The Bertz CT molecular complexity index is 819. The fourth-order valence-corrected chi connectivity index (χ4v) is 2.25. The molecule has 0 amide bonds. The number of aromatic nitrogens is 2. The topological polar surface area (TPSA) is 81.0 Å². The lowest BCUT2D eigenvalue weighted by molar-refractivity contribution is -0.137. The number of hydrogen-bond acceptors (Lipinski definition) is 5. The number of rotatable bonds is 5. The fraction of sp³-hybridized carbons (Fsp3) is 0.235. The van der Waals surface area contributed by atoms with Gasteiger partial charge >= 0.3 is 5.97 Å². The van der Waals surface area contributed by atoms with Crippen LogP contribution in [-0.4, -0.2) is 22.3 Å². The molecule has 23 heavy (non-hydrogen) atoms. The number of ether oxygens (including phenoxy) is 1. The van der Waals surface area contributed by atoms with E-state index in [4.69, 9.17) is 14.5 Å². The van der Waals surface area contributed by atoms with Gasteiger partial charge in [0.05, 0.1) is 0 Å². The third kappa shape index (κ3) is 3.40. The minimum Gasteiger partial charge on any atom is -0.457 e. The van der Waals surface area contributed by atoms with E-state index in [0.29, 0.717) is 11.6 Å². The molecule has 0 atom stereocenters. The van der Waals surface area contributed by atoms with E-state index >= 15 is 0 Å². The molecule has 2 rings (SSSR count). The van der Waals surface area contributed by atoms with Crippen LogP contribution < -0.4 is 0 Å². The Balaban J connectivity index is 2.41. The molecule has 0 N–H and O–H groups in total. The number of nitrogens with zero attached hydrogens (tertiary/aromatic N) is 3. The van der Waals surface area contributed by atoms with Crippen molar-refractivity contribution in [3.63, 3.8) is 0 Å². The molecular formula is C17H17N3O3. The first kappa shape index (κ1) is 16.3. The molecule has 2 aromatic heterocycles. The summed E-state index contributed by atoms with van der Waals surface area (Å²) in [6.45, 7) is 9.14. The van der Waals surface area contributed by atoms with Gasteiger partial charge in [-0.15, -0.1) is 0 Å². The summed E-state index contributed by atoms with van der Waals surface area (Å²) in [6.07, 6.45) is 2.96. The van der Waals surface area contributed by atoms with Crippen LogP contribution in [0.15, 0.2) is 34.9 Å². The molecule has 0 saturated heterocycles. The van der Waals surface area contributed by atoms with Gasteiger partial charge in [-0.05, 0) is 38.5 Å². The number of nitriles is 1. The van der Waals surface area contributed by atoms with Crippen LogP contribution in [0.1, 0.15) is 22.7 Å². The van der Waals surface area contributed by atoms with Crippen molar-refractivity contribution >= 4 is 12.0 Å². The average Bonchev–Trinajstić information content (AvgIpc) is 3.05. The van der Waals surface area contributed by atoms with E-state index in [0.717, 1.165) is 17.0 Å². The van der Waals surface area contributed by atoms with Crippen molar-refractivity contribution in [2.45, 2.75) is 20.8 Å². The third-order valence-corrected chi connectivity index (χ3v) is 3.29. The zero-order valence-corrected chi connectivity index (χ0v) is 13.3. The van der Waals surface area contributed by atoms with E-state index in [1.165, 1.54) is 12.2 Å². The van der Waals surface area contributed by atoms with Gasteiger partial charge in [-0.1, -0.05) is 17.8 Å². The Morgan fingerprint density at radius 3 is 2.78 bits per heavy atom. The van der Waals surface area contributed by atoms with Crippen molar-refractivity contribution in [1.29, 1.82) is 5.26 Å². The van der Waals surface area contributed by atoms with E-state index in [1.807, 2.05) is 43.5 Å². The van der Waals surface area contributed by atoms with Crippen LogP contribution in [-0.2, 0) is 9.53 Å². The molecule has 2 aromatic rings. The van der Waals surface area contributed by atoms with Crippen LogP contribution in [0.25, 0.3) is 11.9 Å². The maximum absolute atomic E-state index is 11.8. The standard InChI is InChI=1S/C17H17N3O3/c1-5-6-22-17(21)15(10-18)9-14-7-11(2)20(13(14)4)16-8-12(3)23-19-16/h5,7-9H,1,6H2,2-4H3/b15-9+. The maximum Gasteiger partial charge on any atom is 0.349 e. The van der Waals surface area contributed by atoms with Crippen molar-refractivity contribution < 1.29 is 14.1 Å². The lowest BCUT2D eigenvalue weighted by Crippen LogP contribution is -2.06. The third-order valence-electron chi connectivity index (χ3n) is 3.29. The molecule has 0 aliphatic carbocycles. The number of carbonyl (C=O) groups is 1. The SMILES string of the molecule is C=CCOC(=O)/C(C#N)=C/c1cc(C)n(-c2cc(C)on2)c1C. The molecule has 6 nitrogen and oxygen atoms in total. The normalized spacial score (nSPS) is 11.1. The summed E-state index contributed by atoms with van der Waals surface area (Å²) in [5.41, 5.74) is 2.44. The Labute approximate surface area is 134 Å². The Kier molecular flexibility index (Phi) is 4.82. The van der Waals surface area contributed by atoms with Crippen LogP contribution in [0, 0.1) is 32.1 Å². The second kappa shape index (κ2) is 6.79. The molecule has 0 aliphatic rings. The van der Waals surface area contributed by atoms with Crippen molar-refractivity contribution in [2.75, 3.05) is 6.61 Å². The van der Waals surface area contributed by atoms with Crippen molar-refractivity contribution in [1.82, 2.24) is 9.72 Å². The Morgan fingerprint density at radius 1 is 1.48 bits per heavy atom. The Hall–Kier alpha value is -3.07. The van der Waals surface area contributed by atoms with Gasteiger partial charge in [-0.2, -0.15) is 5.26 Å². The van der Waals surface area contributed by atoms with Crippen molar-refractivity contribution in [2.24, 2.45) is 0 Å². The van der Waals surface area contributed by atoms with Crippen LogP contribution in [0.2, 0.25) is 0 Å². The molecular weight excluding hydrogens is 294 g/mol. The number of aryl methyl sites for hydroxylation is 2. The molecule has 0 unspecified atom stereocenters. The monoisotopic (exact) mass is 311 g/mol. The van der Waals surface area contributed by atoms with Crippen LogP contribution in [0.5, 0.6) is 0 Å². The van der Waals surface area contributed by atoms with Crippen molar-refractivity contribution in [3.05, 3.63) is 53.1 Å². The summed E-state index contributed by atoms with van der Waals surface area (Å²) in [7, 11) is 0. The highest BCUT2D eigenvalue weighted by atomic mass is 16.5. The van der Waals surface area contributed by atoms with Crippen LogP contribution in [0.4, 0.5) is 0 Å². The molecule has 2 heterocycles. The van der Waals surface area contributed by atoms with Gasteiger partial charge in [0.1, 0.15) is 24.0 Å². The minimum absolute atomic E-state index is 0.0646. The fourth-order valence-electron chi connectivity index (χ4n) is 2.25. The lowest BCUT2D eigenvalue weighted by Gasteiger charge is -2.04. The zero-order valence-electron chi connectivity index (χ0n) is 13.3. The number of hydrogen-bond donors (Lipinski definition) is 0. The van der Waals surface area contributed by atoms with Crippen molar-refractivity contribution in [3.8, 4) is 11.9 Å². The predicted molar refractivity (Wildman–Crippen MR) is 84.8 cm³/mol.